The third kappa shape index (κ3) is 6.35. The Morgan fingerprint density at radius 2 is 2.00 bits per heavy atom. The first-order valence-electron chi connectivity index (χ1n) is 14.9. The average Bonchev–Trinajstić information content (AvgIpc) is 3.38. The lowest BCUT2D eigenvalue weighted by Gasteiger charge is -2.34. The van der Waals surface area contributed by atoms with Crippen molar-refractivity contribution in [1.29, 1.82) is 0 Å². The van der Waals surface area contributed by atoms with Crippen LogP contribution in [0.4, 0.5) is 13.2 Å². The third-order valence-electron chi connectivity index (χ3n) is 8.29. The molecule has 2 aliphatic heterocycles. The predicted molar refractivity (Wildman–Crippen MR) is 158 cm³/mol. The van der Waals surface area contributed by atoms with Crippen LogP contribution in [0.15, 0.2) is 42.9 Å². The van der Waals surface area contributed by atoms with E-state index in [0.717, 1.165) is 40.5 Å². The normalized spacial score (nSPS) is 20.4. The van der Waals surface area contributed by atoms with Gasteiger partial charge in [0.2, 0.25) is 11.8 Å². The van der Waals surface area contributed by atoms with Gasteiger partial charge in [0.1, 0.15) is 28.8 Å². The Kier molecular flexibility index (Phi) is 8.19. The lowest BCUT2D eigenvalue weighted by atomic mass is 9.92. The molecule has 1 fully saturated rings. The summed E-state index contributed by atoms with van der Waals surface area (Å²) in [4.78, 5) is 31.4. The molecule has 6 rings (SSSR count). The van der Waals surface area contributed by atoms with Gasteiger partial charge in [0, 0.05) is 43.1 Å². The van der Waals surface area contributed by atoms with Crippen LogP contribution in [0.5, 0.6) is 17.4 Å². The Morgan fingerprint density at radius 3 is 2.77 bits per heavy atom. The van der Waals surface area contributed by atoms with Crippen LogP contribution in [0.2, 0.25) is 0 Å². The number of aromatic amines is 1. The van der Waals surface area contributed by atoms with Crippen molar-refractivity contribution < 1.29 is 27.4 Å². The number of carbonyl (C=O) groups excluding carboxylic acids is 1. The highest BCUT2D eigenvalue weighted by Crippen LogP contribution is 2.38. The Hall–Kier alpha value is -4.19. The molecule has 0 unspecified atom stereocenters. The number of pyridine rings is 3. The molecular weight excluding hydrogens is 573 g/mol. The maximum Gasteiger partial charge on any atom is 0.421 e. The molecule has 0 spiro atoms. The van der Waals surface area contributed by atoms with Gasteiger partial charge in [-0.05, 0) is 75.0 Å². The molecular formula is C32H35F3N6O3. The van der Waals surface area contributed by atoms with Crippen molar-refractivity contribution in [2.24, 2.45) is 0 Å². The van der Waals surface area contributed by atoms with E-state index < -0.39 is 17.6 Å². The summed E-state index contributed by atoms with van der Waals surface area (Å²) in [6.07, 6.45) is 1.37. The predicted octanol–water partition coefficient (Wildman–Crippen LogP) is 6.07. The molecule has 12 heteroatoms. The van der Waals surface area contributed by atoms with Gasteiger partial charge in [-0.3, -0.25) is 9.78 Å². The van der Waals surface area contributed by atoms with Crippen LogP contribution in [-0.4, -0.2) is 56.0 Å². The van der Waals surface area contributed by atoms with Gasteiger partial charge in [-0.1, -0.05) is 6.92 Å². The minimum atomic E-state index is -4.67. The summed E-state index contributed by atoms with van der Waals surface area (Å²) in [5, 5.41) is 4.11. The van der Waals surface area contributed by atoms with Gasteiger partial charge in [-0.25, -0.2) is 9.97 Å². The van der Waals surface area contributed by atoms with Crippen molar-refractivity contribution >= 4 is 16.9 Å². The SMILES string of the molecule is CC[C@@H]1CN(C(=O)Cc2cnc(O[C@H]3CCN[C@@H](C)C3)c(C(F)(F)F)c2)Cc2cc(Oc3ccnc4[nH]c(C)cc34)cnc21. The standard InChI is InChI=1S/C32H35F3N6O3/c1-4-21-16-41(17-22-13-24(15-38-29(21)22)43-27-6-8-37-30-25(27)10-19(3)40-30)28(42)12-20-11-26(32(33,34)35)31(39-14-20)44-23-5-7-36-18(2)9-23/h6,8,10-11,13-15,18,21,23,36H,4-5,7,9,12,16-17H2,1-3H3,(H,37,40)/t18-,21+,23-/m0/s1. The highest BCUT2D eigenvalue weighted by Gasteiger charge is 2.37. The lowest BCUT2D eigenvalue weighted by Crippen LogP contribution is -2.41. The summed E-state index contributed by atoms with van der Waals surface area (Å²) < 4.78 is 54.0. The first-order valence-corrected chi connectivity index (χ1v) is 14.9. The summed E-state index contributed by atoms with van der Waals surface area (Å²) >= 11 is 0. The van der Waals surface area contributed by atoms with E-state index in [0.29, 0.717) is 37.4 Å². The molecule has 1 amide bonds. The molecule has 4 aromatic rings. The zero-order valence-electron chi connectivity index (χ0n) is 24.9. The highest BCUT2D eigenvalue weighted by atomic mass is 19.4. The molecule has 2 N–H and O–H groups in total. The Balaban J connectivity index is 1.19. The number of amides is 1. The number of fused-ring (bicyclic) bond motifs is 2. The molecule has 0 aliphatic carbocycles. The van der Waals surface area contributed by atoms with E-state index in [1.54, 1.807) is 23.4 Å². The Morgan fingerprint density at radius 1 is 1.16 bits per heavy atom. The van der Waals surface area contributed by atoms with E-state index in [-0.39, 0.29) is 42.5 Å². The smallest absolute Gasteiger partial charge is 0.421 e. The molecule has 9 nitrogen and oxygen atoms in total. The second-order valence-corrected chi connectivity index (χ2v) is 11.7. The number of alkyl halides is 3. The van der Waals surface area contributed by atoms with E-state index >= 15 is 0 Å². The van der Waals surface area contributed by atoms with Crippen molar-refractivity contribution in [3.8, 4) is 17.4 Å². The largest absolute Gasteiger partial charge is 0.474 e. The third-order valence-corrected chi connectivity index (χ3v) is 8.29. The van der Waals surface area contributed by atoms with Gasteiger partial charge in [0.15, 0.2) is 0 Å². The summed E-state index contributed by atoms with van der Waals surface area (Å²) in [5.41, 5.74) is 2.65. The molecule has 232 valence electrons. The van der Waals surface area contributed by atoms with Gasteiger partial charge in [-0.15, -0.1) is 0 Å². The summed E-state index contributed by atoms with van der Waals surface area (Å²) in [6, 6.07) is 6.77. The zero-order valence-corrected chi connectivity index (χ0v) is 24.9. The molecule has 3 atom stereocenters. The van der Waals surface area contributed by atoms with Crippen molar-refractivity contribution in [2.45, 2.75) is 77.2 Å². The molecule has 6 heterocycles. The molecule has 2 aliphatic rings. The first-order chi connectivity index (χ1) is 21.1. The number of aromatic nitrogens is 4. The molecule has 0 saturated carbocycles. The quantitative estimate of drug-likeness (QED) is 0.262. The van der Waals surface area contributed by atoms with E-state index in [1.807, 2.05) is 32.9 Å². The molecule has 4 aromatic heterocycles. The van der Waals surface area contributed by atoms with E-state index in [2.05, 4.69) is 20.3 Å². The molecule has 0 bridgehead atoms. The Labute approximate surface area is 253 Å². The van der Waals surface area contributed by atoms with Crippen LogP contribution < -0.4 is 14.8 Å². The summed E-state index contributed by atoms with van der Waals surface area (Å²) in [6.45, 7) is 7.31. The monoisotopic (exact) mass is 608 g/mol. The van der Waals surface area contributed by atoms with Crippen LogP contribution in [0, 0.1) is 6.92 Å². The van der Waals surface area contributed by atoms with Crippen LogP contribution in [0.3, 0.4) is 0 Å². The van der Waals surface area contributed by atoms with Gasteiger partial charge in [0.25, 0.3) is 0 Å². The number of aryl methyl sites for hydroxylation is 1. The first kappa shape index (κ1) is 29.9. The van der Waals surface area contributed by atoms with Gasteiger partial charge < -0.3 is 24.7 Å². The Bertz CT molecular complexity index is 1670. The minimum absolute atomic E-state index is 0.0104. The number of nitrogens with zero attached hydrogens (tertiary/aromatic N) is 4. The lowest BCUT2D eigenvalue weighted by molar-refractivity contribution is -0.140. The van der Waals surface area contributed by atoms with Gasteiger partial charge in [-0.2, -0.15) is 13.2 Å². The molecule has 0 radical (unpaired) electrons. The van der Waals surface area contributed by atoms with E-state index in [4.69, 9.17) is 14.5 Å². The fraction of sp³-hybridized carbons (Fsp3) is 0.438. The number of nitrogens with one attached hydrogen (secondary N) is 2. The van der Waals surface area contributed by atoms with E-state index in [1.165, 1.54) is 6.20 Å². The zero-order chi connectivity index (χ0) is 31.0. The minimum Gasteiger partial charge on any atom is -0.474 e. The number of ether oxygens (including phenoxy) is 2. The molecule has 1 saturated heterocycles. The number of halogens is 3. The van der Waals surface area contributed by atoms with Crippen molar-refractivity contribution in [3.63, 3.8) is 0 Å². The van der Waals surface area contributed by atoms with Crippen molar-refractivity contribution in [2.75, 3.05) is 13.1 Å². The second kappa shape index (κ2) is 12.1. The van der Waals surface area contributed by atoms with Crippen LogP contribution in [-0.2, 0) is 23.9 Å². The maximum atomic E-state index is 14.0. The van der Waals surface area contributed by atoms with Crippen LogP contribution in [0.1, 0.15) is 67.1 Å². The van der Waals surface area contributed by atoms with Crippen molar-refractivity contribution in [1.82, 2.24) is 30.2 Å². The fourth-order valence-corrected chi connectivity index (χ4v) is 6.06. The average molecular weight is 609 g/mol. The van der Waals surface area contributed by atoms with Gasteiger partial charge in [0.05, 0.1) is 23.7 Å². The number of hydrogen-bond acceptors (Lipinski definition) is 7. The second-order valence-electron chi connectivity index (χ2n) is 11.7. The molecule has 44 heavy (non-hydrogen) atoms. The fourth-order valence-electron chi connectivity index (χ4n) is 6.06. The van der Waals surface area contributed by atoms with E-state index in [9.17, 15) is 18.0 Å². The number of H-pyrrole nitrogens is 1. The van der Waals surface area contributed by atoms with Crippen LogP contribution >= 0.6 is 0 Å². The number of carbonyl (C=O) groups is 1. The highest BCUT2D eigenvalue weighted by molar-refractivity contribution is 5.83. The van der Waals surface area contributed by atoms with Crippen molar-refractivity contribution in [3.05, 3.63) is 70.9 Å². The summed E-state index contributed by atoms with van der Waals surface area (Å²) in [7, 11) is 0. The number of rotatable bonds is 7. The van der Waals surface area contributed by atoms with Gasteiger partial charge >= 0.3 is 6.18 Å². The summed E-state index contributed by atoms with van der Waals surface area (Å²) in [5.74, 6) is 0.424. The molecule has 0 aromatic carbocycles. The van der Waals surface area contributed by atoms with Crippen LogP contribution in [0.25, 0.3) is 11.0 Å². The number of hydrogen-bond donors (Lipinski definition) is 2. The topological polar surface area (TPSA) is 105 Å². The maximum absolute atomic E-state index is 14.0. The number of piperidine rings is 1.